The van der Waals surface area contributed by atoms with Crippen LogP contribution in [0.3, 0.4) is 0 Å². The Bertz CT molecular complexity index is 610. The van der Waals surface area contributed by atoms with Gasteiger partial charge in [0.2, 0.25) is 0 Å². The van der Waals surface area contributed by atoms with Gasteiger partial charge in [0, 0.05) is 0 Å². The average molecular weight is 428 g/mol. The van der Waals surface area contributed by atoms with E-state index in [1.54, 1.807) is 4.74 Å². The average Bonchev–Trinajstić information content (AvgIpc) is 2.55. The van der Waals surface area contributed by atoms with Crippen LogP contribution in [0.25, 0.3) is 0 Å². The van der Waals surface area contributed by atoms with Gasteiger partial charge in [-0.2, -0.15) is 61.5 Å². The number of alkyl halides is 16. The Kier molecular flexibility index (Phi) is 3.49. The van der Waals surface area contributed by atoms with Gasteiger partial charge in [0.05, 0.1) is 0 Å². The number of hydrogen-bond donors (Lipinski definition) is 0. The highest BCUT2D eigenvalue weighted by atomic mass is 19.4. The zero-order valence-corrected chi connectivity index (χ0v) is 11.0. The Morgan fingerprint density at radius 3 is 0.885 bits per heavy atom. The fourth-order valence-electron chi connectivity index (χ4n) is 2.40. The fourth-order valence-corrected chi connectivity index (χ4v) is 2.40. The van der Waals surface area contributed by atoms with E-state index in [-0.39, 0.29) is 0 Å². The van der Waals surface area contributed by atoms with Gasteiger partial charge in [0.15, 0.2) is 0 Å². The summed E-state index contributed by atoms with van der Waals surface area (Å²) in [7, 11) is 0. The Morgan fingerprint density at radius 2 is 0.654 bits per heavy atom. The molecule has 1 unspecified atom stereocenters. The van der Waals surface area contributed by atoms with Crippen LogP contribution in [0.4, 0.5) is 70.2 Å². The Labute approximate surface area is 129 Å². The van der Waals surface area contributed by atoms with Crippen LogP contribution >= 0.6 is 0 Å². The quantitative estimate of drug-likeness (QED) is 0.545. The third-order valence-corrected chi connectivity index (χ3v) is 3.92. The van der Waals surface area contributed by atoms with Gasteiger partial charge in [-0.05, 0) is 0 Å². The minimum absolute atomic E-state index is 1.71. The lowest BCUT2D eigenvalue weighted by Crippen LogP contribution is -2.73. The SMILES string of the molecule is FC1(F)OC(F)(C2(F)C(F)(F)C(F)(F)C(F)(F)C2(F)F)C(F)(F)C1(F)F. The fraction of sp³-hybridized carbons (Fsp3) is 1.00. The Hall–Kier alpha value is -1.16. The molecular formula is C9F16O. The van der Waals surface area contributed by atoms with Gasteiger partial charge < -0.3 is 0 Å². The highest BCUT2D eigenvalue weighted by molar-refractivity contribution is 5.35. The maximum atomic E-state index is 14.0. The number of halogens is 16. The molecule has 1 saturated carbocycles. The van der Waals surface area contributed by atoms with Gasteiger partial charge in [-0.1, -0.05) is 0 Å². The van der Waals surface area contributed by atoms with Crippen molar-refractivity contribution in [1.82, 2.24) is 0 Å². The molecule has 1 heterocycles. The smallest absolute Gasteiger partial charge is 0.269 e. The lowest BCUT2D eigenvalue weighted by molar-refractivity contribution is -0.411. The number of ether oxygens (including phenoxy) is 1. The summed E-state index contributed by atoms with van der Waals surface area (Å²) in [6.45, 7) is 0. The summed E-state index contributed by atoms with van der Waals surface area (Å²) in [5.41, 5.74) is -8.05. The van der Waals surface area contributed by atoms with Crippen LogP contribution in [-0.2, 0) is 4.74 Å². The molecule has 2 fully saturated rings. The first-order valence-electron chi connectivity index (χ1n) is 5.68. The Balaban J connectivity index is 2.94. The van der Waals surface area contributed by atoms with E-state index in [0.29, 0.717) is 0 Å². The monoisotopic (exact) mass is 428 g/mol. The van der Waals surface area contributed by atoms with Crippen molar-refractivity contribution in [2.75, 3.05) is 0 Å². The summed E-state index contributed by atoms with van der Waals surface area (Å²) in [5, 5.41) is 0. The molecule has 2 aliphatic rings. The largest absolute Gasteiger partial charge is 0.428 e. The van der Waals surface area contributed by atoms with Crippen LogP contribution in [-0.4, -0.2) is 53.2 Å². The summed E-state index contributed by atoms with van der Waals surface area (Å²) >= 11 is 0. The molecule has 0 bridgehead atoms. The second kappa shape index (κ2) is 4.29. The van der Waals surface area contributed by atoms with Gasteiger partial charge in [0.1, 0.15) is 0 Å². The topological polar surface area (TPSA) is 9.23 Å². The minimum atomic E-state index is -8.05. The highest BCUT2D eigenvalue weighted by Gasteiger charge is 3.10. The molecule has 154 valence electrons. The van der Waals surface area contributed by atoms with Crippen molar-refractivity contribution >= 4 is 0 Å². The van der Waals surface area contributed by atoms with Crippen molar-refractivity contribution < 1.29 is 75.0 Å². The van der Waals surface area contributed by atoms with Gasteiger partial charge in [0.25, 0.3) is 0 Å². The molecule has 0 aromatic heterocycles. The zero-order chi connectivity index (χ0) is 21.2. The second-order valence-electron chi connectivity index (χ2n) is 5.32. The van der Waals surface area contributed by atoms with E-state index in [4.69, 9.17) is 0 Å². The van der Waals surface area contributed by atoms with E-state index < -0.39 is 53.2 Å². The normalized spacial score (nSPS) is 39.7. The van der Waals surface area contributed by atoms with E-state index >= 15 is 0 Å². The molecule has 1 aliphatic heterocycles. The first-order valence-corrected chi connectivity index (χ1v) is 5.68. The predicted octanol–water partition coefficient (Wildman–Crippen LogP) is 4.81. The molecule has 17 heteroatoms. The molecule has 1 saturated heterocycles. The van der Waals surface area contributed by atoms with Crippen molar-refractivity contribution in [3.63, 3.8) is 0 Å². The summed E-state index contributed by atoms with van der Waals surface area (Å²) < 4.78 is 212. The van der Waals surface area contributed by atoms with Crippen molar-refractivity contribution in [2.24, 2.45) is 0 Å². The first-order chi connectivity index (χ1) is 11.0. The molecule has 1 atom stereocenters. The summed E-state index contributed by atoms with van der Waals surface area (Å²) in [4.78, 5) is 0. The van der Waals surface area contributed by atoms with Crippen LogP contribution in [0.1, 0.15) is 0 Å². The maximum Gasteiger partial charge on any atom is 0.428 e. The molecule has 0 radical (unpaired) electrons. The third kappa shape index (κ3) is 1.48. The first kappa shape index (κ1) is 21.1. The predicted molar refractivity (Wildman–Crippen MR) is 43.4 cm³/mol. The number of rotatable bonds is 1. The van der Waals surface area contributed by atoms with Crippen molar-refractivity contribution in [1.29, 1.82) is 0 Å². The summed E-state index contributed by atoms with van der Waals surface area (Å²) in [5.74, 6) is -54.0. The Morgan fingerprint density at radius 1 is 0.346 bits per heavy atom. The maximum absolute atomic E-state index is 14.0. The van der Waals surface area contributed by atoms with E-state index in [1.807, 2.05) is 0 Å². The zero-order valence-electron chi connectivity index (χ0n) is 11.0. The molecule has 0 spiro atoms. The highest BCUT2D eigenvalue weighted by Crippen LogP contribution is 2.77. The van der Waals surface area contributed by atoms with E-state index in [1.165, 1.54) is 0 Å². The minimum Gasteiger partial charge on any atom is -0.269 e. The van der Waals surface area contributed by atoms with Crippen LogP contribution in [0, 0.1) is 0 Å². The molecule has 1 aliphatic carbocycles. The summed E-state index contributed by atoms with van der Waals surface area (Å²) in [6.07, 6.45) is -7.02. The van der Waals surface area contributed by atoms with Gasteiger partial charge >= 0.3 is 53.2 Å². The molecule has 0 N–H and O–H groups in total. The lowest BCUT2D eigenvalue weighted by atomic mass is 9.83. The molecule has 26 heavy (non-hydrogen) atoms. The van der Waals surface area contributed by atoms with Gasteiger partial charge in [-0.25, -0.2) is 8.78 Å². The molecule has 0 aromatic carbocycles. The van der Waals surface area contributed by atoms with Crippen LogP contribution in [0.15, 0.2) is 0 Å². The van der Waals surface area contributed by atoms with Crippen LogP contribution in [0.2, 0.25) is 0 Å². The van der Waals surface area contributed by atoms with Crippen molar-refractivity contribution in [2.45, 2.75) is 53.2 Å². The van der Waals surface area contributed by atoms with E-state index in [9.17, 15) is 70.2 Å². The number of hydrogen-bond acceptors (Lipinski definition) is 1. The van der Waals surface area contributed by atoms with Crippen LogP contribution < -0.4 is 0 Å². The van der Waals surface area contributed by atoms with Crippen molar-refractivity contribution in [3.05, 3.63) is 0 Å². The van der Waals surface area contributed by atoms with Gasteiger partial charge in [-0.3, -0.25) is 4.74 Å². The van der Waals surface area contributed by atoms with E-state index in [0.717, 1.165) is 0 Å². The molecule has 0 aromatic rings. The van der Waals surface area contributed by atoms with Crippen molar-refractivity contribution in [3.8, 4) is 0 Å². The molecule has 1 nitrogen and oxygen atoms in total. The lowest BCUT2D eigenvalue weighted by Gasteiger charge is -2.40. The molecular weight excluding hydrogens is 428 g/mol. The third-order valence-electron chi connectivity index (χ3n) is 3.92. The second-order valence-corrected chi connectivity index (χ2v) is 5.32. The molecule has 2 rings (SSSR count). The standard InChI is InChI=1S/C9F16O/c10-1(2(11,12)4(15,16)5(17,18)3(1,13)14)8(23)6(19,20)7(21,22)9(24,25)26-8. The van der Waals surface area contributed by atoms with E-state index in [2.05, 4.69) is 0 Å². The molecule has 0 amide bonds. The van der Waals surface area contributed by atoms with Crippen LogP contribution in [0.5, 0.6) is 0 Å². The summed E-state index contributed by atoms with van der Waals surface area (Å²) in [6, 6.07) is 0. The van der Waals surface area contributed by atoms with Gasteiger partial charge in [-0.15, -0.1) is 0 Å².